The first kappa shape index (κ1) is 42.0. The molecule has 0 unspecified atom stereocenters. The van der Waals surface area contributed by atoms with Crippen LogP contribution < -0.4 is 75.5 Å². The molecule has 0 radical (unpaired) electrons. The molecule has 10 nitrogen and oxygen atoms in total. The van der Waals surface area contributed by atoms with Gasteiger partial charge in [-0.2, -0.15) is 0 Å². The Morgan fingerprint density at radius 3 is 1.55 bits per heavy atom. The predicted molar refractivity (Wildman–Crippen MR) is 200 cm³/mol. The Labute approximate surface area is 353 Å². The number of nitrogen functional groups attached to an aromatic ring is 1. The van der Waals surface area contributed by atoms with Crippen LogP contribution >= 0.6 is 0 Å². The number of nitrogens with zero attached hydrogens (tertiary/aromatic N) is 1. The van der Waals surface area contributed by atoms with Crippen LogP contribution in [0.2, 0.25) is 0 Å². The number of rotatable bonds is 9. The second-order valence-corrected chi connectivity index (χ2v) is 14.6. The molecule has 0 saturated heterocycles. The first-order valence-electron chi connectivity index (χ1n) is 15.7. The zero-order chi connectivity index (χ0) is 36.3. The second-order valence-electron chi connectivity index (χ2n) is 11.9. The third-order valence-corrected chi connectivity index (χ3v) is 9.86. The van der Waals surface area contributed by atoms with Crippen LogP contribution in [0.25, 0.3) is 5.57 Å². The van der Waals surface area contributed by atoms with E-state index >= 15 is 0 Å². The Hall–Kier alpha value is -3.79. The molecule has 258 valence electrons. The fourth-order valence-electron chi connectivity index (χ4n) is 5.49. The summed E-state index contributed by atoms with van der Waals surface area (Å²) in [6.07, 6.45) is 7.58. The molecule has 53 heavy (non-hydrogen) atoms. The van der Waals surface area contributed by atoms with E-state index in [1.165, 1.54) is 35.9 Å². The van der Waals surface area contributed by atoms with Crippen LogP contribution in [0.1, 0.15) is 22.3 Å². The van der Waals surface area contributed by atoms with Crippen LogP contribution in [0.4, 0.5) is 34.1 Å². The number of nitrogens with two attached hydrogens (primary N) is 1. The average Bonchev–Trinajstić information content (AvgIpc) is 3.09. The Kier molecular flexibility index (Phi) is 13.9. The van der Waals surface area contributed by atoms with Gasteiger partial charge in [0.1, 0.15) is 20.2 Å². The first-order chi connectivity index (χ1) is 24.2. The average molecular weight is 763 g/mol. The summed E-state index contributed by atoms with van der Waals surface area (Å²) in [5.41, 5.74) is 15.2. The van der Waals surface area contributed by atoms with Gasteiger partial charge in [-0.3, -0.25) is 0 Å². The summed E-state index contributed by atoms with van der Waals surface area (Å²) in [7, 11) is -9.31. The third-order valence-electron chi connectivity index (χ3n) is 8.13. The van der Waals surface area contributed by atoms with Gasteiger partial charge in [0, 0.05) is 22.7 Å². The van der Waals surface area contributed by atoms with Gasteiger partial charge in [0.25, 0.3) is 0 Å². The van der Waals surface area contributed by atoms with E-state index in [1.54, 1.807) is 13.0 Å². The number of hydrogen-bond acceptors (Lipinski definition) is 10. The smallest absolute Gasteiger partial charge is 0.744 e. The van der Waals surface area contributed by atoms with E-state index in [-0.39, 0.29) is 69.7 Å². The summed E-state index contributed by atoms with van der Waals surface area (Å²) in [5.74, 6) is 0. The quantitative estimate of drug-likeness (QED) is 0.115. The van der Waals surface area contributed by atoms with Gasteiger partial charge in [-0.15, -0.1) is 0 Å². The van der Waals surface area contributed by atoms with Crippen LogP contribution in [-0.4, -0.2) is 31.7 Å². The molecule has 0 amide bonds. The second kappa shape index (κ2) is 17.6. The molecule has 6 rings (SSSR count). The van der Waals surface area contributed by atoms with Crippen LogP contribution in [0, 0.1) is 13.8 Å². The molecule has 5 aromatic rings. The normalized spacial score (nSPS) is 12.4. The minimum Gasteiger partial charge on any atom is -0.744 e. The molecule has 0 aliphatic heterocycles. The van der Waals surface area contributed by atoms with Crippen molar-refractivity contribution in [3.8, 4) is 0 Å². The fourth-order valence-corrected chi connectivity index (χ4v) is 6.67. The Morgan fingerprint density at radius 1 is 0.604 bits per heavy atom. The van der Waals surface area contributed by atoms with Gasteiger partial charge in [-0.1, -0.05) is 54.1 Å². The number of allylic oxidation sites excluding steroid dienone is 5. The van der Waals surface area contributed by atoms with E-state index < -0.39 is 25.1 Å². The molecule has 0 atom stereocenters. The first-order valence-corrected chi connectivity index (χ1v) is 18.5. The van der Waals surface area contributed by atoms with Crippen molar-refractivity contribution in [3.63, 3.8) is 0 Å². The summed E-state index contributed by atoms with van der Waals surface area (Å²) in [6.45, 7) is 3.67. The number of aryl methyl sites for hydroxylation is 2. The molecular formula is C39H32N4Na2O6S2. The Balaban J connectivity index is 0.00000314. The molecule has 1 aliphatic rings. The van der Waals surface area contributed by atoms with Gasteiger partial charge in [-0.25, -0.2) is 21.8 Å². The summed E-state index contributed by atoms with van der Waals surface area (Å²) >= 11 is 0. The van der Waals surface area contributed by atoms with Gasteiger partial charge in [-0.05, 0) is 127 Å². The maximum absolute atomic E-state index is 11.8. The van der Waals surface area contributed by atoms with E-state index in [0.29, 0.717) is 28.3 Å². The molecule has 0 heterocycles. The van der Waals surface area contributed by atoms with Gasteiger partial charge in [0.15, 0.2) is 0 Å². The van der Waals surface area contributed by atoms with Crippen molar-refractivity contribution in [2.24, 2.45) is 4.99 Å². The largest absolute Gasteiger partial charge is 1.00 e. The topological polar surface area (TPSA) is 177 Å². The Bertz CT molecular complexity index is 2450. The van der Waals surface area contributed by atoms with Crippen molar-refractivity contribution in [1.82, 2.24) is 0 Å². The minimum atomic E-state index is -4.76. The number of anilines is 5. The minimum absolute atomic E-state index is 0. The molecule has 0 bridgehead atoms. The Morgan fingerprint density at radius 2 is 1.08 bits per heavy atom. The van der Waals surface area contributed by atoms with Crippen molar-refractivity contribution in [2.45, 2.75) is 23.6 Å². The summed E-state index contributed by atoms with van der Waals surface area (Å²) in [6, 6.07) is 32.1. The van der Waals surface area contributed by atoms with Gasteiger partial charge in [0.05, 0.1) is 26.9 Å². The summed E-state index contributed by atoms with van der Waals surface area (Å²) < 4.78 is 69.2. The van der Waals surface area contributed by atoms with Crippen molar-refractivity contribution >= 4 is 65.6 Å². The van der Waals surface area contributed by atoms with E-state index in [9.17, 15) is 25.9 Å². The van der Waals surface area contributed by atoms with Gasteiger partial charge in [0.2, 0.25) is 0 Å². The zero-order valence-electron chi connectivity index (χ0n) is 29.5. The van der Waals surface area contributed by atoms with E-state index in [2.05, 4.69) is 15.6 Å². The molecule has 1 aliphatic carbocycles. The third kappa shape index (κ3) is 10.7. The predicted octanol–water partition coefficient (Wildman–Crippen LogP) is 1.89. The molecule has 4 N–H and O–H groups in total. The monoisotopic (exact) mass is 762 g/mol. The SMILES string of the molecule is Cc1ccc(Nc2ccc(C(=C3C=CC(=Nc4ccc(S(=O)(=O)[O-])cc4)C=C3)c3ccc(Nc4cc(C)c(N)c(S(=O)(=O)[O-])c4)cc3)cc2)cc1.[Na+].[Na+]. The van der Waals surface area contributed by atoms with E-state index in [1.807, 2.05) is 104 Å². The van der Waals surface area contributed by atoms with Gasteiger partial charge >= 0.3 is 59.1 Å². The standard InChI is InChI=1S/C39H34N4O6S2.2Na/c1-25-3-11-30(12-4-25)41-31-13-5-27(6-14-31)38(28-7-15-32(16-8-28)42-34-19-21-36(22-20-34)50(44,45)46)29-9-17-33(18-10-29)43-35-23-26(2)39(40)37(24-35)51(47,48)49;;/h3-24,41,43H,40H2,1-2H3,(H,44,45,46)(H,47,48,49);;/q;2*+1/p-2. The number of nitrogens with one attached hydrogen (secondary N) is 2. The number of aliphatic imine (C=N–C) groups is 1. The molecule has 0 aromatic heterocycles. The van der Waals surface area contributed by atoms with Crippen LogP contribution in [-0.2, 0) is 20.2 Å². The maximum atomic E-state index is 11.8. The van der Waals surface area contributed by atoms with E-state index in [0.717, 1.165) is 33.6 Å². The van der Waals surface area contributed by atoms with E-state index in [4.69, 9.17) is 5.73 Å². The summed E-state index contributed by atoms with van der Waals surface area (Å²) in [4.78, 5) is 3.77. The van der Waals surface area contributed by atoms with Crippen LogP contribution in [0.15, 0.2) is 154 Å². The van der Waals surface area contributed by atoms with Gasteiger partial charge < -0.3 is 25.5 Å². The van der Waals surface area contributed by atoms with Crippen LogP contribution in [0.3, 0.4) is 0 Å². The van der Waals surface area contributed by atoms with Crippen molar-refractivity contribution in [3.05, 3.63) is 161 Å². The molecule has 0 fully saturated rings. The molecule has 5 aromatic carbocycles. The maximum Gasteiger partial charge on any atom is 1.00 e. The van der Waals surface area contributed by atoms with Crippen molar-refractivity contribution in [2.75, 3.05) is 16.4 Å². The number of hydrogen-bond donors (Lipinski definition) is 3. The van der Waals surface area contributed by atoms with Crippen LogP contribution in [0.5, 0.6) is 0 Å². The summed E-state index contributed by atoms with van der Waals surface area (Å²) in [5, 5.41) is 6.59. The van der Waals surface area contributed by atoms with Crippen molar-refractivity contribution < 1.29 is 85.1 Å². The molecule has 0 saturated carbocycles. The molecular weight excluding hydrogens is 731 g/mol. The zero-order valence-corrected chi connectivity index (χ0v) is 35.1. The number of benzene rings is 5. The molecule has 0 spiro atoms. The fraction of sp³-hybridized carbons (Fsp3) is 0.0513. The molecule has 14 heteroatoms. The van der Waals surface area contributed by atoms with Crippen molar-refractivity contribution in [1.29, 1.82) is 0 Å².